The smallest absolute Gasteiger partial charge is 0.307 e. The Morgan fingerprint density at radius 1 is 1.27 bits per heavy atom. The van der Waals surface area contributed by atoms with E-state index in [1.807, 2.05) is 44.2 Å². The molecule has 2 aliphatic heterocycles. The van der Waals surface area contributed by atoms with Crippen LogP contribution in [-0.4, -0.2) is 49.0 Å². The fourth-order valence-corrected chi connectivity index (χ4v) is 3.33. The third-order valence-corrected chi connectivity index (χ3v) is 4.44. The van der Waals surface area contributed by atoms with Crippen LogP contribution in [0.25, 0.3) is 0 Å². The van der Waals surface area contributed by atoms with Crippen LogP contribution >= 0.6 is 0 Å². The number of ether oxygens (including phenoxy) is 5. The molecule has 0 saturated carbocycles. The topological polar surface area (TPSA) is 89.2 Å². The average molecular weight is 365 g/mol. The summed E-state index contributed by atoms with van der Waals surface area (Å²) in [5.74, 6) is -1.11. The maximum atomic E-state index is 11.8. The molecule has 0 aliphatic carbocycles. The number of fused-ring (bicyclic) bond motifs is 1. The first-order chi connectivity index (χ1) is 12.4. The van der Waals surface area contributed by atoms with Crippen LogP contribution in [0.15, 0.2) is 30.3 Å². The molecule has 144 valence electrons. The van der Waals surface area contributed by atoms with Gasteiger partial charge in [-0.2, -0.15) is 0 Å². The minimum absolute atomic E-state index is 0.0482. The largest absolute Gasteiger partial charge is 0.466 e. The van der Waals surface area contributed by atoms with Gasteiger partial charge in [-0.3, -0.25) is 4.79 Å². The van der Waals surface area contributed by atoms with Gasteiger partial charge in [-0.25, -0.2) is 0 Å². The highest BCUT2D eigenvalue weighted by Gasteiger charge is 2.56. The molecular formula is C19H27NO6. The summed E-state index contributed by atoms with van der Waals surface area (Å²) < 4.78 is 28.8. The lowest BCUT2D eigenvalue weighted by Crippen LogP contribution is -2.47. The van der Waals surface area contributed by atoms with E-state index in [1.165, 1.54) is 0 Å². The van der Waals surface area contributed by atoms with E-state index < -0.39 is 36.4 Å². The van der Waals surface area contributed by atoms with E-state index in [0.717, 1.165) is 5.56 Å². The van der Waals surface area contributed by atoms with Crippen LogP contribution in [0.5, 0.6) is 0 Å². The van der Waals surface area contributed by atoms with Crippen molar-refractivity contribution in [3.63, 3.8) is 0 Å². The number of hydrogen-bond acceptors (Lipinski definition) is 7. The van der Waals surface area contributed by atoms with Gasteiger partial charge >= 0.3 is 5.97 Å². The standard InChI is InChI=1S/C19H27NO6/c1-4-22-14(21)10-13(20)15-16(23-11-12-8-6-5-7-9-12)17-18(24-15)26-19(2,3)25-17/h5-9,13,15-18H,4,10-11,20H2,1-3H3/t13?,15?,16-,17+,18+/m0/s1. The summed E-state index contributed by atoms with van der Waals surface area (Å²) in [5, 5.41) is 0. The predicted molar refractivity (Wildman–Crippen MR) is 92.9 cm³/mol. The zero-order valence-corrected chi connectivity index (χ0v) is 15.4. The number of benzene rings is 1. The van der Waals surface area contributed by atoms with Crippen molar-refractivity contribution < 1.29 is 28.5 Å². The van der Waals surface area contributed by atoms with E-state index in [-0.39, 0.29) is 12.4 Å². The first-order valence-electron chi connectivity index (χ1n) is 8.97. The molecule has 2 N–H and O–H groups in total. The Labute approximate surface area is 153 Å². The zero-order chi connectivity index (χ0) is 18.7. The second kappa shape index (κ2) is 8.02. The fraction of sp³-hybridized carbons (Fsp3) is 0.632. The number of nitrogens with two attached hydrogens (primary N) is 1. The number of rotatable bonds is 7. The minimum Gasteiger partial charge on any atom is -0.466 e. The molecule has 0 bridgehead atoms. The molecule has 1 aromatic carbocycles. The van der Waals surface area contributed by atoms with E-state index in [4.69, 9.17) is 29.4 Å². The van der Waals surface area contributed by atoms with Crippen LogP contribution in [-0.2, 0) is 35.1 Å². The first kappa shape index (κ1) is 19.3. The van der Waals surface area contributed by atoms with Crippen molar-refractivity contribution in [2.45, 2.75) is 70.2 Å². The molecule has 7 heteroatoms. The quantitative estimate of drug-likeness (QED) is 0.736. The second-order valence-corrected chi connectivity index (χ2v) is 7.00. The van der Waals surface area contributed by atoms with Gasteiger partial charge in [0.25, 0.3) is 0 Å². The highest BCUT2D eigenvalue weighted by Crippen LogP contribution is 2.40. The summed E-state index contributed by atoms with van der Waals surface area (Å²) in [4.78, 5) is 11.8. The molecule has 1 aromatic rings. The average Bonchev–Trinajstić information content (AvgIpc) is 3.06. The van der Waals surface area contributed by atoms with Crippen LogP contribution in [0, 0.1) is 0 Å². The van der Waals surface area contributed by atoms with Crippen molar-refractivity contribution in [2.75, 3.05) is 6.61 Å². The highest BCUT2D eigenvalue weighted by molar-refractivity contribution is 5.70. The third-order valence-electron chi connectivity index (χ3n) is 4.44. The minimum atomic E-state index is -0.750. The molecule has 2 heterocycles. The molecule has 2 saturated heterocycles. The van der Waals surface area contributed by atoms with Gasteiger partial charge in [-0.1, -0.05) is 30.3 Å². The van der Waals surface area contributed by atoms with Gasteiger partial charge in [0, 0.05) is 6.04 Å². The molecule has 3 rings (SSSR count). The summed E-state index contributed by atoms with van der Waals surface area (Å²) in [5.41, 5.74) is 7.26. The third kappa shape index (κ3) is 4.42. The molecule has 0 spiro atoms. The van der Waals surface area contributed by atoms with Crippen LogP contribution in [0.2, 0.25) is 0 Å². The SMILES string of the molecule is CCOC(=O)CC(N)C1O[C@@H]2OC(C)(C)O[C@@H]2[C@H]1OCc1ccccc1. The van der Waals surface area contributed by atoms with Crippen LogP contribution < -0.4 is 5.73 Å². The van der Waals surface area contributed by atoms with E-state index in [9.17, 15) is 4.79 Å². The molecule has 2 aliphatic rings. The van der Waals surface area contributed by atoms with E-state index >= 15 is 0 Å². The molecule has 5 atom stereocenters. The number of hydrogen-bond donors (Lipinski definition) is 1. The number of carbonyl (C=O) groups excluding carboxylic acids is 1. The molecule has 0 radical (unpaired) electrons. The van der Waals surface area contributed by atoms with E-state index in [1.54, 1.807) is 6.92 Å². The Morgan fingerprint density at radius 2 is 2.00 bits per heavy atom. The van der Waals surface area contributed by atoms with Gasteiger partial charge in [0.15, 0.2) is 12.1 Å². The van der Waals surface area contributed by atoms with E-state index in [2.05, 4.69) is 0 Å². The number of esters is 1. The van der Waals surface area contributed by atoms with E-state index in [0.29, 0.717) is 13.2 Å². The van der Waals surface area contributed by atoms with Gasteiger partial charge in [0.1, 0.15) is 18.3 Å². The van der Waals surface area contributed by atoms with Gasteiger partial charge in [-0.15, -0.1) is 0 Å². The molecule has 0 amide bonds. The van der Waals surface area contributed by atoms with Gasteiger partial charge in [0.05, 0.1) is 19.6 Å². The lowest BCUT2D eigenvalue weighted by Gasteiger charge is -2.29. The van der Waals surface area contributed by atoms with Crippen molar-refractivity contribution in [3.05, 3.63) is 35.9 Å². The Balaban J connectivity index is 1.69. The fourth-order valence-electron chi connectivity index (χ4n) is 3.33. The van der Waals surface area contributed by atoms with Crippen molar-refractivity contribution in [3.8, 4) is 0 Å². The lowest BCUT2D eigenvalue weighted by molar-refractivity contribution is -0.221. The molecule has 26 heavy (non-hydrogen) atoms. The molecule has 2 unspecified atom stereocenters. The normalized spacial score (nSPS) is 30.8. The first-order valence-corrected chi connectivity index (χ1v) is 8.97. The van der Waals surface area contributed by atoms with Crippen LogP contribution in [0.4, 0.5) is 0 Å². The summed E-state index contributed by atoms with van der Waals surface area (Å²) in [6, 6.07) is 9.25. The Hall–Kier alpha value is -1.51. The summed E-state index contributed by atoms with van der Waals surface area (Å²) in [6.45, 7) is 6.13. The highest BCUT2D eigenvalue weighted by atomic mass is 16.8. The maximum absolute atomic E-state index is 11.8. The number of carbonyl (C=O) groups is 1. The predicted octanol–water partition coefficient (Wildman–Crippen LogP) is 1.73. The van der Waals surface area contributed by atoms with Crippen molar-refractivity contribution >= 4 is 5.97 Å². The second-order valence-electron chi connectivity index (χ2n) is 7.00. The van der Waals surface area contributed by atoms with Gasteiger partial charge in [-0.05, 0) is 26.3 Å². The molecular weight excluding hydrogens is 338 g/mol. The van der Waals surface area contributed by atoms with Crippen molar-refractivity contribution in [2.24, 2.45) is 5.73 Å². The Kier molecular flexibility index (Phi) is 5.94. The molecule has 2 fully saturated rings. The van der Waals surface area contributed by atoms with Gasteiger partial charge in [0.2, 0.25) is 0 Å². The monoisotopic (exact) mass is 365 g/mol. The Morgan fingerprint density at radius 3 is 2.69 bits per heavy atom. The summed E-state index contributed by atoms with van der Waals surface area (Å²) >= 11 is 0. The van der Waals surface area contributed by atoms with Crippen LogP contribution in [0.3, 0.4) is 0 Å². The zero-order valence-electron chi connectivity index (χ0n) is 15.4. The molecule has 7 nitrogen and oxygen atoms in total. The van der Waals surface area contributed by atoms with Crippen molar-refractivity contribution in [1.29, 1.82) is 0 Å². The molecule has 0 aromatic heterocycles. The van der Waals surface area contributed by atoms with Crippen molar-refractivity contribution in [1.82, 2.24) is 0 Å². The summed E-state index contributed by atoms with van der Waals surface area (Å²) in [7, 11) is 0. The maximum Gasteiger partial charge on any atom is 0.307 e. The lowest BCUT2D eigenvalue weighted by atomic mass is 10.0. The Bertz CT molecular complexity index is 607. The van der Waals surface area contributed by atoms with Crippen LogP contribution in [0.1, 0.15) is 32.8 Å². The summed E-state index contributed by atoms with van der Waals surface area (Å²) in [6.07, 6.45) is -1.87. The van der Waals surface area contributed by atoms with Gasteiger partial charge < -0.3 is 29.4 Å².